The van der Waals surface area contributed by atoms with Gasteiger partial charge in [-0.05, 0) is 61.4 Å². The number of benzene rings is 3. The van der Waals surface area contributed by atoms with Gasteiger partial charge in [0, 0.05) is 11.6 Å². The van der Waals surface area contributed by atoms with Gasteiger partial charge in [0.2, 0.25) is 5.88 Å². The van der Waals surface area contributed by atoms with Gasteiger partial charge in [0.15, 0.2) is 11.5 Å². The van der Waals surface area contributed by atoms with Crippen LogP contribution in [-0.4, -0.2) is 25.8 Å². The van der Waals surface area contributed by atoms with Gasteiger partial charge in [0.25, 0.3) is 0 Å². The summed E-state index contributed by atoms with van der Waals surface area (Å²) in [7, 11) is 0. The highest BCUT2D eigenvalue weighted by atomic mass is 16.5. The Morgan fingerprint density at radius 3 is 2.49 bits per heavy atom. The van der Waals surface area contributed by atoms with Crippen LogP contribution in [0.2, 0.25) is 0 Å². The predicted molar refractivity (Wildman–Crippen MR) is 155 cm³/mol. The van der Waals surface area contributed by atoms with Gasteiger partial charge in [-0.3, -0.25) is 0 Å². The number of carbonyl (C=O) groups excluding carboxylic acids is 1. The van der Waals surface area contributed by atoms with Crippen molar-refractivity contribution in [2.75, 3.05) is 19.8 Å². The van der Waals surface area contributed by atoms with E-state index in [1.165, 1.54) is 0 Å². The highest BCUT2D eigenvalue weighted by Crippen LogP contribution is 2.45. The van der Waals surface area contributed by atoms with E-state index in [0.717, 1.165) is 24.8 Å². The van der Waals surface area contributed by atoms with Crippen molar-refractivity contribution in [1.82, 2.24) is 0 Å². The van der Waals surface area contributed by atoms with E-state index in [9.17, 15) is 10.1 Å². The molecule has 1 atom stereocenters. The first-order valence-electron chi connectivity index (χ1n) is 13.7. The van der Waals surface area contributed by atoms with Gasteiger partial charge in [-0.2, -0.15) is 5.26 Å². The van der Waals surface area contributed by atoms with Gasteiger partial charge in [-0.1, -0.05) is 44.6 Å². The standard InChI is InChI=1S/C33H34N2O6/c1-4-7-8-18-39-28-16-11-23(19-30(28)37-6-3)31-26-15-14-25(20-29(26)41-32(35)27(31)21-34)40-33(36)22-9-12-24(13-10-22)38-17-5-2/h5,9-16,19-20,31H,2,4,6-8,17-18,35H2,1,3H3. The number of ether oxygens (including phenoxy) is 5. The molecule has 4 rings (SSSR count). The second kappa shape index (κ2) is 13.9. The first-order chi connectivity index (χ1) is 20.0. The van der Waals surface area contributed by atoms with Crippen LogP contribution in [0.3, 0.4) is 0 Å². The molecule has 0 aliphatic carbocycles. The van der Waals surface area contributed by atoms with E-state index in [0.29, 0.717) is 53.9 Å². The van der Waals surface area contributed by atoms with Gasteiger partial charge >= 0.3 is 5.97 Å². The highest BCUT2D eigenvalue weighted by Gasteiger charge is 2.32. The SMILES string of the molecule is C=CCOc1ccc(C(=O)Oc2ccc3c(c2)OC(N)=C(C#N)C3c2ccc(OCCCCC)c(OCC)c2)cc1. The minimum Gasteiger partial charge on any atom is -0.490 e. The van der Waals surface area contributed by atoms with Crippen molar-refractivity contribution in [1.29, 1.82) is 5.26 Å². The van der Waals surface area contributed by atoms with Gasteiger partial charge in [0.1, 0.15) is 35.5 Å². The molecule has 3 aromatic carbocycles. The van der Waals surface area contributed by atoms with Crippen LogP contribution < -0.4 is 29.4 Å². The Labute approximate surface area is 240 Å². The average Bonchev–Trinajstić information content (AvgIpc) is 2.98. The second-order valence-corrected chi connectivity index (χ2v) is 9.33. The maximum atomic E-state index is 12.8. The Bertz CT molecular complexity index is 1460. The minimum atomic E-state index is -0.537. The average molecular weight is 555 g/mol. The quantitative estimate of drug-likeness (QED) is 0.108. The fourth-order valence-electron chi connectivity index (χ4n) is 4.48. The molecule has 1 aliphatic rings. The van der Waals surface area contributed by atoms with Gasteiger partial charge < -0.3 is 29.4 Å². The number of fused-ring (bicyclic) bond motifs is 1. The van der Waals surface area contributed by atoms with Crippen LogP contribution in [0.4, 0.5) is 0 Å². The molecule has 3 aromatic rings. The number of esters is 1. The topological polar surface area (TPSA) is 113 Å². The Balaban J connectivity index is 1.59. The fourth-order valence-corrected chi connectivity index (χ4v) is 4.48. The van der Waals surface area contributed by atoms with Crippen LogP contribution in [0.1, 0.15) is 60.5 Å². The zero-order chi connectivity index (χ0) is 29.2. The number of nitrogens with two attached hydrogens (primary N) is 1. The molecule has 0 saturated carbocycles. The third kappa shape index (κ3) is 7.00. The van der Waals surface area contributed by atoms with Crippen molar-refractivity contribution in [2.24, 2.45) is 5.73 Å². The molecule has 2 N–H and O–H groups in total. The maximum Gasteiger partial charge on any atom is 0.343 e. The zero-order valence-corrected chi connectivity index (χ0v) is 23.4. The Kier molecular flexibility index (Phi) is 9.89. The van der Waals surface area contributed by atoms with E-state index in [4.69, 9.17) is 29.4 Å². The normalized spacial score (nSPS) is 13.8. The van der Waals surface area contributed by atoms with E-state index < -0.39 is 11.9 Å². The molecule has 212 valence electrons. The van der Waals surface area contributed by atoms with E-state index in [1.54, 1.807) is 48.5 Å². The van der Waals surface area contributed by atoms with Crippen LogP contribution in [0.25, 0.3) is 0 Å². The highest BCUT2D eigenvalue weighted by molar-refractivity contribution is 5.91. The van der Waals surface area contributed by atoms with Gasteiger partial charge in [-0.15, -0.1) is 0 Å². The summed E-state index contributed by atoms with van der Waals surface area (Å²) in [5, 5.41) is 9.97. The minimum absolute atomic E-state index is 0.0126. The molecule has 0 spiro atoms. The Hall–Kier alpha value is -4.90. The molecule has 1 aliphatic heterocycles. The second-order valence-electron chi connectivity index (χ2n) is 9.33. The monoisotopic (exact) mass is 554 g/mol. The van der Waals surface area contributed by atoms with Crippen LogP contribution >= 0.6 is 0 Å². The molecule has 1 unspecified atom stereocenters. The third-order valence-electron chi connectivity index (χ3n) is 6.47. The predicted octanol–water partition coefficient (Wildman–Crippen LogP) is 6.66. The molecular weight excluding hydrogens is 520 g/mol. The fraction of sp³-hybridized carbons (Fsp3) is 0.273. The Morgan fingerprint density at radius 2 is 1.78 bits per heavy atom. The van der Waals surface area contributed by atoms with Crippen molar-refractivity contribution in [3.05, 3.63) is 101 Å². The summed E-state index contributed by atoms with van der Waals surface area (Å²) in [4.78, 5) is 12.8. The summed E-state index contributed by atoms with van der Waals surface area (Å²) in [5.41, 5.74) is 8.34. The molecule has 1 heterocycles. The first-order valence-corrected chi connectivity index (χ1v) is 13.7. The van der Waals surface area contributed by atoms with E-state index in [1.807, 2.05) is 25.1 Å². The molecule has 8 heteroatoms. The summed E-state index contributed by atoms with van der Waals surface area (Å²) in [6.45, 7) is 9.09. The Morgan fingerprint density at radius 1 is 1.00 bits per heavy atom. The lowest BCUT2D eigenvalue weighted by molar-refractivity contribution is 0.0734. The lowest BCUT2D eigenvalue weighted by Gasteiger charge is -2.27. The van der Waals surface area contributed by atoms with Crippen molar-refractivity contribution >= 4 is 5.97 Å². The summed E-state index contributed by atoms with van der Waals surface area (Å²) < 4.78 is 28.7. The number of allylic oxidation sites excluding steroid dienone is 1. The van der Waals surface area contributed by atoms with Crippen LogP contribution in [0, 0.1) is 11.3 Å². The molecule has 0 radical (unpaired) electrons. The van der Waals surface area contributed by atoms with Gasteiger partial charge in [-0.25, -0.2) is 4.79 Å². The molecular formula is C33H34N2O6. The molecule has 0 saturated heterocycles. The van der Waals surface area contributed by atoms with E-state index in [2.05, 4.69) is 19.6 Å². The molecule has 0 aromatic heterocycles. The number of hydrogen-bond acceptors (Lipinski definition) is 8. The molecule has 0 amide bonds. The number of hydrogen-bond donors (Lipinski definition) is 1. The molecule has 0 bridgehead atoms. The number of unbranched alkanes of at least 4 members (excludes halogenated alkanes) is 2. The lowest BCUT2D eigenvalue weighted by atomic mass is 9.83. The number of nitriles is 1. The van der Waals surface area contributed by atoms with Crippen molar-refractivity contribution in [3.63, 3.8) is 0 Å². The van der Waals surface area contributed by atoms with Crippen molar-refractivity contribution in [2.45, 2.75) is 39.0 Å². The summed E-state index contributed by atoms with van der Waals surface area (Å²) in [6.07, 6.45) is 4.79. The number of nitrogens with zero attached hydrogens (tertiary/aromatic N) is 1. The first kappa shape index (κ1) is 29.1. The van der Waals surface area contributed by atoms with Crippen molar-refractivity contribution in [3.8, 4) is 34.8 Å². The number of rotatable bonds is 13. The lowest BCUT2D eigenvalue weighted by Crippen LogP contribution is -2.21. The van der Waals surface area contributed by atoms with E-state index in [-0.39, 0.29) is 17.2 Å². The largest absolute Gasteiger partial charge is 0.490 e. The van der Waals surface area contributed by atoms with Crippen molar-refractivity contribution < 1.29 is 28.5 Å². The van der Waals surface area contributed by atoms with E-state index >= 15 is 0 Å². The summed E-state index contributed by atoms with van der Waals surface area (Å²) in [5.74, 6) is 1.47. The smallest absolute Gasteiger partial charge is 0.343 e. The number of carbonyl (C=O) groups is 1. The molecule has 0 fully saturated rings. The molecule has 8 nitrogen and oxygen atoms in total. The van der Waals surface area contributed by atoms with Crippen LogP contribution in [0.15, 0.2) is 84.8 Å². The summed E-state index contributed by atoms with van der Waals surface area (Å²) >= 11 is 0. The summed E-state index contributed by atoms with van der Waals surface area (Å²) in [6, 6.07) is 19.5. The third-order valence-corrected chi connectivity index (χ3v) is 6.47. The zero-order valence-electron chi connectivity index (χ0n) is 23.4. The van der Waals surface area contributed by atoms with Crippen LogP contribution in [-0.2, 0) is 0 Å². The maximum absolute atomic E-state index is 12.8. The molecule has 41 heavy (non-hydrogen) atoms. The van der Waals surface area contributed by atoms with Gasteiger partial charge in [0.05, 0.1) is 24.7 Å². The van der Waals surface area contributed by atoms with Crippen LogP contribution in [0.5, 0.6) is 28.7 Å².